The molecule has 0 aliphatic carbocycles. The van der Waals surface area contributed by atoms with Crippen LogP contribution in [0.3, 0.4) is 0 Å². The maximum atomic E-state index is 9.29. The second-order valence-corrected chi connectivity index (χ2v) is 5.14. The summed E-state index contributed by atoms with van der Waals surface area (Å²) in [7, 11) is 0. The predicted octanol–water partition coefficient (Wildman–Crippen LogP) is 3.10. The van der Waals surface area contributed by atoms with Crippen molar-refractivity contribution in [2.24, 2.45) is 0 Å². The largest absolute Gasteiger partial charge is 0.372 e. The first-order valence-corrected chi connectivity index (χ1v) is 7.02. The standard InChI is InChI=1S/C16H25N3/c1-5-18-16(4,13-17)10-11-19(6-2)15-9-7-8-14(3)12-15/h7-9,12,18H,5-6,10-11H2,1-4H3. The lowest BCUT2D eigenvalue weighted by Crippen LogP contribution is -2.43. The smallest absolute Gasteiger partial charge is 0.105 e. The minimum absolute atomic E-state index is 0.438. The van der Waals surface area contributed by atoms with Gasteiger partial charge < -0.3 is 4.90 Å². The predicted molar refractivity (Wildman–Crippen MR) is 81.4 cm³/mol. The number of hydrogen-bond acceptors (Lipinski definition) is 3. The van der Waals surface area contributed by atoms with Crippen LogP contribution in [0.2, 0.25) is 0 Å². The molecular formula is C16H25N3. The summed E-state index contributed by atoms with van der Waals surface area (Å²) < 4.78 is 0. The van der Waals surface area contributed by atoms with Crippen LogP contribution in [0.15, 0.2) is 24.3 Å². The monoisotopic (exact) mass is 259 g/mol. The van der Waals surface area contributed by atoms with Crippen LogP contribution in [0.5, 0.6) is 0 Å². The van der Waals surface area contributed by atoms with E-state index in [9.17, 15) is 5.26 Å². The van der Waals surface area contributed by atoms with E-state index in [2.05, 4.69) is 54.4 Å². The number of rotatable bonds is 7. The molecule has 1 rings (SSSR count). The summed E-state index contributed by atoms with van der Waals surface area (Å²) in [5.74, 6) is 0. The summed E-state index contributed by atoms with van der Waals surface area (Å²) in [6.45, 7) is 10.9. The molecule has 0 saturated heterocycles. The summed E-state index contributed by atoms with van der Waals surface area (Å²) in [5.41, 5.74) is 2.07. The van der Waals surface area contributed by atoms with Gasteiger partial charge in [-0.1, -0.05) is 19.1 Å². The highest BCUT2D eigenvalue weighted by molar-refractivity contribution is 5.48. The van der Waals surface area contributed by atoms with Gasteiger partial charge in [0, 0.05) is 18.8 Å². The van der Waals surface area contributed by atoms with Gasteiger partial charge in [0.15, 0.2) is 0 Å². The number of benzene rings is 1. The van der Waals surface area contributed by atoms with Crippen LogP contribution < -0.4 is 10.2 Å². The topological polar surface area (TPSA) is 39.1 Å². The second kappa shape index (κ2) is 7.16. The van der Waals surface area contributed by atoms with Gasteiger partial charge in [0.25, 0.3) is 0 Å². The van der Waals surface area contributed by atoms with Crippen molar-refractivity contribution in [2.45, 2.75) is 39.7 Å². The highest BCUT2D eigenvalue weighted by Crippen LogP contribution is 2.18. The van der Waals surface area contributed by atoms with Crippen LogP contribution in [0, 0.1) is 18.3 Å². The second-order valence-electron chi connectivity index (χ2n) is 5.14. The van der Waals surface area contributed by atoms with E-state index >= 15 is 0 Å². The Morgan fingerprint density at radius 2 is 2.11 bits per heavy atom. The molecule has 1 aromatic rings. The minimum atomic E-state index is -0.438. The van der Waals surface area contributed by atoms with E-state index in [0.29, 0.717) is 0 Å². The zero-order valence-electron chi connectivity index (χ0n) is 12.5. The van der Waals surface area contributed by atoms with E-state index in [1.807, 2.05) is 13.8 Å². The van der Waals surface area contributed by atoms with Crippen LogP contribution >= 0.6 is 0 Å². The van der Waals surface area contributed by atoms with Gasteiger partial charge in [-0.15, -0.1) is 0 Å². The Morgan fingerprint density at radius 1 is 1.37 bits per heavy atom. The molecule has 104 valence electrons. The lowest BCUT2D eigenvalue weighted by Gasteiger charge is -2.29. The summed E-state index contributed by atoms with van der Waals surface area (Å²) in [4.78, 5) is 2.32. The first kappa shape index (κ1) is 15.5. The van der Waals surface area contributed by atoms with Gasteiger partial charge in [-0.05, 0) is 51.4 Å². The molecule has 0 aliphatic heterocycles. The molecule has 0 heterocycles. The molecule has 0 saturated carbocycles. The van der Waals surface area contributed by atoms with E-state index in [1.54, 1.807) is 0 Å². The van der Waals surface area contributed by atoms with Crippen LogP contribution in [-0.4, -0.2) is 25.2 Å². The average Bonchev–Trinajstić information content (AvgIpc) is 2.40. The molecule has 1 aromatic carbocycles. The molecule has 1 N–H and O–H groups in total. The van der Waals surface area contributed by atoms with Gasteiger partial charge in [-0.2, -0.15) is 5.26 Å². The first-order valence-electron chi connectivity index (χ1n) is 7.02. The average molecular weight is 259 g/mol. The molecule has 19 heavy (non-hydrogen) atoms. The number of nitrogens with one attached hydrogen (secondary N) is 1. The fourth-order valence-corrected chi connectivity index (χ4v) is 2.23. The highest BCUT2D eigenvalue weighted by Gasteiger charge is 2.22. The van der Waals surface area contributed by atoms with E-state index in [0.717, 1.165) is 26.1 Å². The normalized spacial score (nSPS) is 13.6. The first-order chi connectivity index (χ1) is 9.04. The Labute approximate surface area is 117 Å². The molecule has 0 aliphatic rings. The molecule has 0 amide bonds. The minimum Gasteiger partial charge on any atom is -0.372 e. The van der Waals surface area contributed by atoms with Crippen molar-refractivity contribution in [3.05, 3.63) is 29.8 Å². The number of aryl methyl sites for hydroxylation is 1. The number of nitrogens with zero attached hydrogens (tertiary/aromatic N) is 2. The maximum absolute atomic E-state index is 9.29. The molecule has 1 atom stereocenters. The van der Waals surface area contributed by atoms with Crippen molar-refractivity contribution < 1.29 is 0 Å². The van der Waals surface area contributed by atoms with Crippen molar-refractivity contribution in [1.82, 2.24) is 5.32 Å². The zero-order valence-corrected chi connectivity index (χ0v) is 12.5. The lowest BCUT2D eigenvalue weighted by atomic mass is 9.99. The maximum Gasteiger partial charge on any atom is 0.105 e. The Bertz CT molecular complexity index is 436. The number of hydrogen-bond donors (Lipinski definition) is 1. The summed E-state index contributed by atoms with van der Waals surface area (Å²) in [6.07, 6.45) is 0.819. The van der Waals surface area contributed by atoms with Crippen molar-refractivity contribution in [2.75, 3.05) is 24.5 Å². The summed E-state index contributed by atoms with van der Waals surface area (Å²) in [6, 6.07) is 10.9. The fraction of sp³-hybridized carbons (Fsp3) is 0.562. The molecule has 0 bridgehead atoms. The van der Waals surface area contributed by atoms with Crippen molar-refractivity contribution in [3.63, 3.8) is 0 Å². The summed E-state index contributed by atoms with van der Waals surface area (Å²) >= 11 is 0. The van der Waals surface area contributed by atoms with Crippen molar-refractivity contribution in [3.8, 4) is 6.07 Å². The Hall–Kier alpha value is -1.53. The quantitative estimate of drug-likeness (QED) is 0.818. The third-order valence-electron chi connectivity index (χ3n) is 3.44. The third-order valence-corrected chi connectivity index (χ3v) is 3.44. The molecular weight excluding hydrogens is 234 g/mol. The Balaban J connectivity index is 2.71. The molecule has 0 radical (unpaired) electrons. The molecule has 3 heteroatoms. The fourth-order valence-electron chi connectivity index (χ4n) is 2.23. The van der Waals surface area contributed by atoms with Gasteiger partial charge in [0.05, 0.1) is 6.07 Å². The zero-order chi connectivity index (χ0) is 14.3. The van der Waals surface area contributed by atoms with Gasteiger partial charge in [0.2, 0.25) is 0 Å². The number of anilines is 1. The Kier molecular flexibility index (Phi) is 5.85. The molecule has 0 spiro atoms. The van der Waals surface area contributed by atoms with E-state index in [-0.39, 0.29) is 0 Å². The van der Waals surface area contributed by atoms with E-state index in [4.69, 9.17) is 0 Å². The van der Waals surface area contributed by atoms with Crippen molar-refractivity contribution >= 4 is 5.69 Å². The van der Waals surface area contributed by atoms with E-state index < -0.39 is 5.54 Å². The van der Waals surface area contributed by atoms with Crippen LogP contribution in [-0.2, 0) is 0 Å². The van der Waals surface area contributed by atoms with Crippen molar-refractivity contribution in [1.29, 1.82) is 5.26 Å². The van der Waals surface area contributed by atoms with Gasteiger partial charge in [-0.25, -0.2) is 0 Å². The van der Waals surface area contributed by atoms with Gasteiger partial charge >= 0.3 is 0 Å². The molecule has 1 unspecified atom stereocenters. The number of nitriles is 1. The van der Waals surface area contributed by atoms with Crippen LogP contribution in [0.1, 0.15) is 32.8 Å². The Morgan fingerprint density at radius 3 is 2.63 bits per heavy atom. The SMILES string of the molecule is CCNC(C)(C#N)CCN(CC)c1cccc(C)c1. The molecule has 3 nitrogen and oxygen atoms in total. The summed E-state index contributed by atoms with van der Waals surface area (Å²) in [5, 5.41) is 12.5. The molecule has 0 aromatic heterocycles. The van der Waals surface area contributed by atoms with Crippen LogP contribution in [0.4, 0.5) is 5.69 Å². The third kappa shape index (κ3) is 4.57. The van der Waals surface area contributed by atoms with Gasteiger partial charge in [-0.3, -0.25) is 5.32 Å². The molecule has 0 fully saturated rings. The lowest BCUT2D eigenvalue weighted by molar-refractivity contribution is 0.429. The van der Waals surface area contributed by atoms with E-state index in [1.165, 1.54) is 11.3 Å². The highest BCUT2D eigenvalue weighted by atomic mass is 15.1. The van der Waals surface area contributed by atoms with Crippen LogP contribution in [0.25, 0.3) is 0 Å². The van der Waals surface area contributed by atoms with Gasteiger partial charge in [0.1, 0.15) is 5.54 Å².